The number of rotatable bonds is 3. The van der Waals surface area contributed by atoms with Crippen molar-refractivity contribution in [1.82, 2.24) is 19.9 Å². The van der Waals surface area contributed by atoms with Gasteiger partial charge in [-0.15, -0.1) is 0 Å². The van der Waals surface area contributed by atoms with Gasteiger partial charge < -0.3 is 10.3 Å². The molecule has 0 fully saturated rings. The lowest BCUT2D eigenvalue weighted by molar-refractivity contribution is 0.802. The second-order valence-corrected chi connectivity index (χ2v) is 3.88. The summed E-state index contributed by atoms with van der Waals surface area (Å²) in [5.74, 6) is 1.60. The number of aromatic amines is 1. The van der Waals surface area contributed by atoms with Gasteiger partial charge in [0, 0.05) is 12.4 Å². The molecule has 0 bridgehead atoms. The summed E-state index contributed by atoms with van der Waals surface area (Å²) in [7, 11) is 0. The SMILES string of the molecule is CC(Nc1cnc(Br)cn1)c1ncc[nH]1. The van der Waals surface area contributed by atoms with Gasteiger partial charge in [0.1, 0.15) is 16.2 Å². The Morgan fingerprint density at radius 1 is 1.33 bits per heavy atom. The van der Waals surface area contributed by atoms with Gasteiger partial charge in [0.2, 0.25) is 0 Å². The maximum absolute atomic E-state index is 4.17. The molecule has 2 N–H and O–H groups in total. The van der Waals surface area contributed by atoms with E-state index in [0.29, 0.717) is 0 Å². The van der Waals surface area contributed by atoms with Crippen molar-refractivity contribution < 1.29 is 0 Å². The highest BCUT2D eigenvalue weighted by Gasteiger charge is 2.07. The summed E-state index contributed by atoms with van der Waals surface area (Å²) in [5.41, 5.74) is 0. The third-order valence-corrected chi connectivity index (χ3v) is 2.32. The van der Waals surface area contributed by atoms with Crippen molar-refractivity contribution in [2.75, 3.05) is 5.32 Å². The van der Waals surface area contributed by atoms with Crippen molar-refractivity contribution in [3.8, 4) is 0 Å². The van der Waals surface area contributed by atoms with E-state index in [1.54, 1.807) is 24.8 Å². The summed E-state index contributed by atoms with van der Waals surface area (Å²) in [6, 6.07) is 0.0791. The number of nitrogens with zero attached hydrogens (tertiary/aromatic N) is 3. The van der Waals surface area contributed by atoms with Crippen LogP contribution in [0.1, 0.15) is 18.8 Å². The minimum Gasteiger partial charge on any atom is -0.359 e. The average Bonchev–Trinajstić information content (AvgIpc) is 2.74. The van der Waals surface area contributed by atoms with Crippen LogP contribution in [0.15, 0.2) is 29.4 Å². The Hall–Kier alpha value is -1.43. The van der Waals surface area contributed by atoms with Gasteiger partial charge in [-0.3, -0.25) is 0 Å². The highest BCUT2D eigenvalue weighted by atomic mass is 79.9. The van der Waals surface area contributed by atoms with Crippen LogP contribution >= 0.6 is 15.9 Å². The standard InChI is InChI=1S/C9H10BrN5/c1-6(9-11-2-3-12-9)15-8-5-13-7(10)4-14-8/h2-6H,1H3,(H,11,12)(H,14,15). The van der Waals surface area contributed by atoms with Crippen molar-refractivity contribution in [1.29, 1.82) is 0 Å². The van der Waals surface area contributed by atoms with E-state index in [2.05, 4.69) is 41.2 Å². The monoisotopic (exact) mass is 267 g/mol. The zero-order valence-corrected chi connectivity index (χ0v) is 9.69. The number of hydrogen-bond acceptors (Lipinski definition) is 4. The summed E-state index contributed by atoms with van der Waals surface area (Å²) in [5, 5.41) is 3.18. The van der Waals surface area contributed by atoms with Crippen LogP contribution < -0.4 is 5.32 Å². The first kappa shape index (κ1) is 10.1. The first-order chi connectivity index (χ1) is 7.25. The molecule has 2 rings (SSSR count). The van der Waals surface area contributed by atoms with Crippen molar-refractivity contribution in [3.05, 3.63) is 35.2 Å². The summed E-state index contributed by atoms with van der Waals surface area (Å²) < 4.78 is 0.721. The molecule has 15 heavy (non-hydrogen) atoms. The quantitative estimate of drug-likeness (QED) is 0.894. The number of imidazole rings is 1. The predicted molar refractivity (Wildman–Crippen MR) is 60.4 cm³/mol. The van der Waals surface area contributed by atoms with Gasteiger partial charge >= 0.3 is 0 Å². The predicted octanol–water partition coefficient (Wildman–Crippen LogP) is 2.14. The average molecular weight is 268 g/mol. The summed E-state index contributed by atoms with van der Waals surface area (Å²) in [4.78, 5) is 15.4. The molecule has 0 saturated carbocycles. The van der Waals surface area contributed by atoms with Crippen LogP contribution in [-0.2, 0) is 0 Å². The zero-order chi connectivity index (χ0) is 10.7. The molecule has 78 valence electrons. The lowest BCUT2D eigenvalue weighted by Gasteiger charge is -2.11. The lowest BCUT2D eigenvalue weighted by atomic mass is 10.3. The van der Waals surface area contributed by atoms with Gasteiger partial charge in [0.05, 0.1) is 18.4 Å². The fourth-order valence-corrected chi connectivity index (χ4v) is 1.40. The third kappa shape index (κ3) is 2.53. The van der Waals surface area contributed by atoms with E-state index >= 15 is 0 Å². The molecule has 6 heteroatoms. The molecular weight excluding hydrogens is 258 g/mol. The smallest absolute Gasteiger partial charge is 0.145 e. The van der Waals surface area contributed by atoms with Crippen LogP contribution in [0, 0.1) is 0 Å². The summed E-state index contributed by atoms with van der Waals surface area (Å²) in [6.45, 7) is 2.00. The summed E-state index contributed by atoms with van der Waals surface area (Å²) >= 11 is 3.23. The van der Waals surface area contributed by atoms with Crippen molar-refractivity contribution in [3.63, 3.8) is 0 Å². The van der Waals surface area contributed by atoms with Gasteiger partial charge in [-0.25, -0.2) is 15.0 Å². The van der Waals surface area contributed by atoms with E-state index < -0.39 is 0 Å². The largest absolute Gasteiger partial charge is 0.359 e. The fourth-order valence-electron chi connectivity index (χ4n) is 1.19. The Morgan fingerprint density at radius 2 is 2.20 bits per heavy atom. The number of hydrogen-bond donors (Lipinski definition) is 2. The number of H-pyrrole nitrogens is 1. The molecule has 2 aromatic rings. The van der Waals surface area contributed by atoms with Gasteiger partial charge in [-0.05, 0) is 22.9 Å². The van der Waals surface area contributed by atoms with E-state index in [-0.39, 0.29) is 6.04 Å². The van der Waals surface area contributed by atoms with E-state index in [0.717, 1.165) is 16.2 Å². The molecule has 1 atom stereocenters. The van der Waals surface area contributed by atoms with Crippen LogP contribution in [-0.4, -0.2) is 19.9 Å². The Balaban J connectivity index is 2.06. The molecular formula is C9H10BrN5. The van der Waals surface area contributed by atoms with Crippen molar-refractivity contribution >= 4 is 21.7 Å². The third-order valence-electron chi connectivity index (χ3n) is 1.91. The van der Waals surface area contributed by atoms with Crippen LogP contribution in [0.4, 0.5) is 5.82 Å². The van der Waals surface area contributed by atoms with Crippen molar-refractivity contribution in [2.24, 2.45) is 0 Å². The fraction of sp³-hybridized carbons (Fsp3) is 0.222. The minimum atomic E-state index is 0.0791. The Morgan fingerprint density at radius 3 is 2.80 bits per heavy atom. The first-order valence-corrected chi connectivity index (χ1v) is 5.28. The number of anilines is 1. The molecule has 2 aromatic heterocycles. The van der Waals surface area contributed by atoms with Gasteiger partial charge in [0.25, 0.3) is 0 Å². The van der Waals surface area contributed by atoms with Crippen LogP contribution in [0.25, 0.3) is 0 Å². The topological polar surface area (TPSA) is 66.5 Å². The number of nitrogens with one attached hydrogen (secondary N) is 2. The highest BCUT2D eigenvalue weighted by Crippen LogP contribution is 2.14. The molecule has 0 saturated heterocycles. The molecule has 0 aliphatic rings. The Labute approximate surface area is 95.5 Å². The van der Waals surface area contributed by atoms with Crippen molar-refractivity contribution in [2.45, 2.75) is 13.0 Å². The maximum atomic E-state index is 4.17. The Bertz CT molecular complexity index is 411. The molecule has 0 spiro atoms. The highest BCUT2D eigenvalue weighted by molar-refractivity contribution is 9.10. The van der Waals surface area contributed by atoms with E-state index in [4.69, 9.17) is 0 Å². The molecule has 0 aromatic carbocycles. The molecule has 0 radical (unpaired) electrons. The van der Waals surface area contributed by atoms with Gasteiger partial charge in [0.15, 0.2) is 0 Å². The second kappa shape index (κ2) is 4.39. The normalized spacial score (nSPS) is 12.4. The first-order valence-electron chi connectivity index (χ1n) is 4.49. The molecule has 0 amide bonds. The summed E-state index contributed by atoms with van der Waals surface area (Å²) in [6.07, 6.45) is 6.84. The van der Waals surface area contributed by atoms with Crippen LogP contribution in [0.3, 0.4) is 0 Å². The second-order valence-electron chi connectivity index (χ2n) is 3.06. The minimum absolute atomic E-state index is 0.0791. The molecule has 0 aliphatic heterocycles. The number of aromatic nitrogens is 4. The van der Waals surface area contributed by atoms with Gasteiger partial charge in [-0.2, -0.15) is 0 Å². The molecule has 1 unspecified atom stereocenters. The van der Waals surface area contributed by atoms with E-state index in [9.17, 15) is 0 Å². The number of halogens is 1. The van der Waals surface area contributed by atoms with Gasteiger partial charge in [-0.1, -0.05) is 0 Å². The zero-order valence-electron chi connectivity index (χ0n) is 8.11. The van der Waals surface area contributed by atoms with E-state index in [1.807, 2.05) is 6.92 Å². The molecule has 0 aliphatic carbocycles. The van der Waals surface area contributed by atoms with Crippen LogP contribution in [0.5, 0.6) is 0 Å². The van der Waals surface area contributed by atoms with Crippen LogP contribution in [0.2, 0.25) is 0 Å². The Kier molecular flexibility index (Phi) is 2.96. The maximum Gasteiger partial charge on any atom is 0.145 e. The molecule has 5 nitrogen and oxygen atoms in total. The lowest BCUT2D eigenvalue weighted by Crippen LogP contribution is -2.09. The molecule has 2 heterocycles. The van der Waals surface area contributed by atoms with E-state index in [1.165, 1.54) is 0 Å².